The maximum absolute atomic E-state index is 12.8. The quantitative estimate of drug-likeness (QED) is 0.630. The Labute approximate surface area is 187 Å². The lowest BCUT2D eigenvalue weighted by Crippen LogP contribution is -2.36. The van der Waals surface area contributed by atoms with E-state index in [1.54, 1.807) is 0 Å². The van der Waals surface area contributed by atoms with Gasteiger partial charge in [0.05, 0.1) is 31.4 Å². The van der Waals surface area contributed by atoms with Gasteiger partial charge >= 0.3 is 0 Å². The zero-order chi connectivity index (χ0) is 22.6. The Bertz CT molecular complexity index is 1020. The van der Waals surface area contributed by atoms with Gasteiger partial charge in [-0.1, -0.05) is 28.2 Å². The van der Waals surface area contributed by atoms with Crippen molar-refractivity contribution in [2.24, 2.45) is 0 Å². The van der Waals surface area contributed by atoms with Gasteiger partial charge in [-0.25, -0.2) is 8.42 Å². The highest BCUT2D eigenvalue weighted by Crippen LogP contribution is 2.26. The van der Waals surface area contributed by atoms with E-state index in [1.807, 2.05) is 31.2 Å². The van der Waals surface area contributed by atoms with Crippen LogP contribution in [0.3, 0.4) is 0 Å². The molecule has 1 unspecified atom stereocenters. The van der Waals surface area contributed by atoms with Gasteiger partial charge in [-0.05, 0) is 42.8 Å². The largest absolute Gasteiger partial charge is 0.378 e. The number of amides is 1. The molecule has 0 aliphatic carbocycles. The number of nitrogens with one attached hydrogen (secondary N) is 1. The molecular formula is C21H26ClN3O5S. The van der Waals surface area contributed by atoms with Crippen LogP contribution in [-0.4, -0.2) is 59.3 Å². The minimum atomic E-state index is -3.99. The van der Waals surface area contributed by atoms with E-state index >= 15 is 0 Å². The molecule has 1 amide bonds. The predicted octanol–water partition coefficient (Wildman–Crippen LogP) is 2.85. The molecule has 10 heteroatoms. The van der Waals surface area contributed by atoms with Gasteiger partial charge < -0.3 is 15.0 Å². The molecule has 0 aromatic heterocycles. The molecule has 2 aromatic rings. The van der Waals surface area contributed by atoms with E-state index in [0.29, 0.717) is 17.7 Å². The molecule has 0 spiro atoms. The number of morpholine rings is 1. The van der Waals surface area contributed by atoms with Crippen LogP contribution in [0.4, 0.5) is 5.69 Å². The fourth-order valence-electron chi connectivity index (χ4n) is 3.24. The van der Waals surface area contributed by atoms with E-state index in [9.17, 15) is 13.2 Å². The predicted molar refractivity (Wildman–Crippen MR) is 119 cm³/mol. The van der Waals surface area contributed by atoms with Gasteiger partial charge in [-0.2, -0.15) is 0 Å². The van der Waals surface area contributed by atoms with Crippen molar-refractivity contribution in [3.8, 4) is 0 Å². The van der Waals surface area contributed by atoms with Crippen molar-refractivity contribution in [2.75, 3.05) is 45.4 Å². The summed E-state index contributed by atoms with van der Waals surface area (Å²) >= 11 is 6.06. The molecule has 31 heavy (non-hydrogen) atoms. The number of hydrogen-bond donors (Lipinski definition) is 1. The summed E-state index contributed by atoms with van der Waals surface area (Å²) in [5.41, 5.74) is 2.23. The molecule has 1 saturated heterocycles. The first-order valence-corrected chi connectivity index (χ1v) is 11.6. The van der Waals surface area contributed by atoms with Crippen LogP contribution in [0.1, 0.15) is 28.9 Å². The number of benzene rings is 2. The lowest BCUT2D eigenvalue weighted by atomic mass is 10.1. The van der Waals surface area contributed by atoms with Crippen molar-refractivity contribution in [1.29, 1.82) is 0 Å². The summed E-state index contributed by atoms with van der Waals surface area (Å²) in [6.45, 7) is 5.01. The highest BCUT2D eigenvalue weighted by molar-refractivity contribution is 7.89. The van der Waals surface area contributed by atoms with Crippen LogP contribution in [-0.2, 0) is 19.6 Å². The maximum atomic E-state index is 12.8. The second-order valence-corrected chi connectivity index (χ2v) is 9.44. The average Bonchev–Trinajstić information content (AvgIpc) is 2.79. The van der Waals surface area contributed by atoms with Gasteiger partial charge in [0.15, 0.2) is 0 Å². The molecule has 1 atom stereocenters. The second-order valence-electron chi connectivity index (χ2n) is 7.13. The fraction of sp³-hybridized carbons (Fsp3) is 0.381. The Morgan fingerprint density at radius 1 is 1.19 bits per heavy atom. The average molecular weight is 468 g/mol. The minimum Gasteiger partial charge on any atom is -0.378 e. The number of nitrogens with zero attached hydrogens (tertiary/aromatic N) is 2. The SMILES string of the molecule is CON(C)S(=O)(=O)c1cc(C(=O)NC(C)c2ccc(N3CCOCC3)cc2)ccc1Cl. The van der Waals surface area contributed by atoms with Crippen molar-refractivity contribution < 1.29 is 22.8 Å². The van der Waals surface area contributed by atoms with Crippen LogP contribution >= 0.6 is 11.6 Å². The Morgan fingerprint density at radius 3 is 2.45 bits per heavy atom. The normalized spacial score (nSPS) is 15.7. The number of hydroxylamine groups is 1. The smallest absolute Gasteiger partial charge is 0.266 e. The van der Waals surface area contributed by atoms with Crippen LogP contribution in [0.15, 0.2) is 47.4 Å². The lowest BCUT2D eigenvalue weighted by Gasteiger charge is -2.29. The Hall–Kier alpha value is -2.17. The maximum Gasteiger partial charge on any atom is 0.266 e. The van der Waals surface area contributed by atoms with Crippen LogP contribution in [0.25, 0.3) is 0 Å². The van der Waals surface area contributed by atoms with Crippen molar-refractivity contribution >= 4 is 33.2 Å². The Balaban J connectivity index is 1.73. The summed E-state index contributed by atoms with van der Waals surface area (Å²) in [5, 5.41) is 2.90. The highest BCUT2D eigenvalue weighted by atomic mass is 35.5. The molecule has 0 bridgehead atoms. The number of anilines is 1. The molecule has 0 radical (unpaired) electrons. The highest BCUT2D eigenvalue weighted by Gasteiger charge is 2.25. The minimum absolute atomic E-state index is 0.00667. The molecule has 1 fully saturated rings. The van der Waals surface area contributed by atoms with Gasteiger partial charge in [0.2, 0.25) is 0 Å². The Morgan fingerprint density at radius 2 is 1.84 bits per heavy atom. The number of sulfonamides is 1. The first-order valence-electron chi connectivity index (χ1n) is 9.80. The zero-order valence-electron chi connectivity index (χ0n) is 17.7. The van der Waals surface area contributed by atoms with E-state index < -0.39 is 15.9 Å². The van der Waals surface area contributed by atoms with E-state index in [2.05, 4.69) is 10.2 Å². The third kappa shape index (κ3) is 5.36. The number of carbonyl (C=O) groups excluding carboxylic acids is 1. The molecule has 1 heterocycles. The van der Waals surface area contributed by atoms with Gasteiger partial charge in [-0.3, -0.25) is 9.63 Å². The van der Waals surface area contributed by atoms with E-state index in [1.165, 1.54) is 32.4 Å². The molecule has 168 valence electrons. The van der Waals surface area contributed by atoms with Crippen LogP contribution in [0.5, 0.6) is 0 Å². The molecule has 1 aliphatic heterocycles. The van der Waals surface area contributed by atoms with Crippen molar-refractivity contribution in [1.82, 2.24) is 9.79 Å². The first kappa shape index (κ1) is 23.5. The van der Waals surface area contributed by atoms with Crippen LogP contribution in [0, 0.1) is 0 Å². The second kappa shape index (κ2) is 9.97. The zero-order valence-corrected chi connectivity index (χ0v) is 19.2. The molecule has 8 nitrogen and oxygen atoms in total. The van der Waals surface area contributed by atoms with E-state index in [0.717, 1.165) is 24.3 Å². The number of rotatable bonds is 7. The Kier molecular flexibility index (Phi) is 7.55. The molecular weight excluding hydrogens is 442 g/mol. The summed E-state index contributed by atoms with van der Waals surface area (Å²) in [7, 11) is -1.51. The molecule has 3 rings (SSSR count). The monoisotopic (exact) mass is 467 g/mol. The number of ether oxygens (including phenoxy) is 1. The summed E-state index contributed by atoms with van der Waals surface area (Å²) in [6, 6.07) is 11.8. The standard InChI is InChI=1S/C21H26ClN3O5S/c1-15(16-4-7-18(8-5-16)25-10-12-30-13-11-25)23-21(26)17-6-9-19(22)20(14-17)31(27,28)24(2)29-3/h4-9,14-15H,10-13H2,1-3H3,(H,23,26). The number of carbonyl (C=O) groups is 1. The fourth-order valence-corrected chi connectivity index (χ4v) is 4.71. The van der Waals surface area contributed by atoms with Gasteiger partial charge in [0.1, 0.15) is 4.90 Å². The topological polar surface area (TPSA) is 88.2 Å². The third-order valence-corrected chi connectivity index (χ3v) is 7.35. The van der Waals surface area contributed by atoms with Gasteiger partial charge in [0.25, 0.3) is 15.9 Å². The summed E-state index contributed by atoms with van der Waals surface area (Å²) < 4.78 is 31.1. The number of hydrogen-bond acceptors (Lipinski definition) is 6. The van der Waals surface area contributed by atoms with Crippen LogP contribution < -0.4 is 10.2 Å². The molecule has 1 N–H and O–H groups in total. The van der Waals surface area contributed by atoms with Crippen molar-refractivity contribution in [3.63, 3.8) is 0 Å². The van der Waals surface area contributed by atoms with Crippen molar-refractivity contribution in [3.05, 3.63) is 58.6 Å². The molecule has 1 aliphatic rings. The van der Waals surface area contributed by atoms with Crippen molar-refractivity contribution in [2.45, 2.75) is 17.9 Å². The third-order valence-electron chi connectivity index (χ3n) is 5.18. The molecule has 2 aromatic carbocycles. The summed E-state index contributed by atoms with van der Waals surface area (Å²) in [6.07, 6.45) is 0. The number of halogens is 1. The van der Waals surface area contributed by atoms with Crippen LogP contribution in [0.2, 0.25) is 5.02 Å². The molecule has 0 saturated carbocycles. The van der Waals surface area contributed by atoms with E-state index in [-0.39, 0.29) is 21.5 Å². The van der Waals surface area contributed by atoms with E-state index in [4.69, 9.17) is 21.2 Å². The lowest BCUT2D eigenvalue weighted by molar-refractivity contribution is -0.0258. The summed E-state index contributed by atoms with van der Waals surface area (Å²) in [5.74, 6) is -0.405. The summed E-state index contributed by atoms with van der Waals surface area (Å²) in [4.78, 5) is 19.6. The van der Waals surface area contributed by atoms with Gasteiger partial charge in [-0.15, -0.1) is 0 Å². The first-order chi connectivity index (χ1) is 14.7. The van der Waals surface area contributed by atoms with Gasteiger partial charge in [0, 0.05) is 31.4 Å².